The molecular formula is C8H15N3O3S. The number of hydrogen-bond donors (Lipinski definition) is 2. The maximum Gasteiger partial charge on any atom is 0.280 e. The number of amides is 1. The van der Waals surface area contributed by atoms with Gasteiger partial charge in [-0.15, -0.1) is 0 Å². The molecule has 1 unspecified atom stereocenters. The van der Waals surface area contributed by atoms with Crippen molar-refractivity contribution in [3.05, 3.63) is 0 Å². The fourth-order valence-corrected chi connectivity index (χ4v) is 3.21. The quantitative estimate of drug-likeness (QED) is 0.643. The van der Waals surface area contributed by atoms with Crippen LogP contribution in [0.3, 0.4) is 0 Å². The van der Waals surface area contributed by atoms with Gasteiger partial charge in [0.15, 0.2) is 0 Å². The normalized spacial score (nSPS) is 28.9. The molecule has 1 saturated carbocycles. The highest BCUT2D eigenvalue weighted by Crippen LogP contribution is 2.21. The number of carbonyl (C=O) groups excluding carboxylic acids is 1. The van der Waals surface area contributed by atoms with Gasteiger partial charge in [0.05, 0.1) is 0 Å². The summed E-state index contributed by atoms with van der Waals surface area (Å²) in [7, 11) is -3.48. The second-order valence-corrected chi connectivity index (χ2v) is 5.63. The Hall–Kier alpha value is -0.660. The molecule has 2 fully saturated rings. The zero-order chi connectivity index (χ0) is 11.1. The van der Waals surface area contributed by atoms with Crippen molar-refractivity contribution >= 4 is 16.1 Å². The van der Waals surface area contributed by atoms with Crippen molar-refractivity contribution < 1.29 is 13.2 Å². The van der Waals surface area contributed by atoms with Gasteiger partial charge in [0.25, 0.3) is 10.2 Å². The molecule has 1 saturated heterocycles. The van der Waals surface area contributed by atoms with Crippen molar-refractivity contribution in [1.29, 1.82) is 0 Å². The van der Waals surface area contributed by atoms with E-state index in [0.29, 0.717) is 13.1 Å². The smallest absolute Gasteiger partial charge is 0.280 e. The largest absolute Gasteiger partial charge is 0.353 e. The molecule has 0 aromatic rings. The average Bonchev–Trinajstić information content (AvgIpc) is 2.92. The molecule has 7 heteroatoms. The molecule has 1 atom stereocenters. The minimum absolute atomic E-state index is 0.0761. The Kier molecular flexibility index (Phi) is 2.70. The lowest BCUT2D eigenvalue weighted by Gasteiger charge is -2.31. The lowest BCUT2D eigenvalue weighted by molar-refractivity contribution is -0.126. The minimum Gasteiger partial charge on any atom is -0.353 e. The van der Waals surface area contributed by atoms with E-state index in [-0.39, 0.29) is 11.9 Å². The van der Waals surface area contributed by atoms with E-state index in [9.17, 15) is 13.2 Å². The van der Waals surface area contributed by atoms with Crippen molar-refractivity contribution in [2.45, 2.75) is 31.8 Å². The van der Waals surface area contributed by atoms with Gasteiger partial charge in [-0.05, 0) is 19.8 Å². The number of piperazine rings is 1. The number of hydrogen-bond acceptors (Lipinski definition) is 3. The van der Waals surface area contributed by atoms with Crippen LogP contribution in [0.5, 0.6) is 0 Å². The first-order valence-corrected chi connectivity index (χ1v) is 6.51. The molecule has 86 valence electrons. The van der Waals surface area contributed by atoms with Crippen LogP contribution < -0.4 is 10.0 Å². The summed E-state index contributed by atoms with van der Waals surface area (Å²) >= 11 is 0. The number of nitrogens with zero attached hydrogens (tertiary/aromatic N) is 1. The van der Waals surface area contributed by atoms with Crippen LogP contribution >= 0.6 is 0 Å². The maximum atomic E-state index is 11.8. The van der Waals surface area contributed by atoms with Crippen molar-refractivity contribution in [3.63, 3.8) is 0 Å². The van der Waals surface area contributed by atoms with Gasteiger partial charge in [-0.2, -0.15) is 17.4 Å². The van der Waals surface area contributed by atoms with Crippen molar-refractivity contribution in [1.82, 2.24) is 14.3 Å². The first-order chi connectivity index (χ1) is 7.00. The number of carbonyl (C=O) groups is 1. The zero-order valence-electron chi connectivity index (χ0n) is 8.56. The van der Waals surface area contributed by atoms with Crippen molar-refractivity contribution in [2.75, 3.05) is 13.1 Å². The van der Waals surface area contributed by atoms with Gasteiger partial charge in [-0.3, -0.25) is 4.79 Å². The Morgan fingerprint density at radius 2 is 2.13 bits per heavy atom. The van der Waals surface area contributed by atoms with Gasteiger partial charge in [-0.1, -0.05) is 0 Å². The zero-order valence-corrected chi connectivity index (χ0v) is 9.38. The van der Waals surface area contributed by atoms with Crippen LogP contribution in [0, 0.1) is 0 Å². The predicted molar refractivity (Wildman–Crippen MR) is 54.3 cm³/mol. The second-order valence-electron chi connectivity index (χ2n) is 3.97. The maximum absolute atomic E-state index is 11.8. The summed E-state index contributed by atoms with van der Waals surface area (Å²) in [6, 6.07) is -0.540. The molecule has 2 aliphatic rings. The van der Waals surface area contributed by atoms with E-state index < -0.39 is 16.3 Å². The van der Waals surface area contributed by atoms with E-state index in [1.165, 1.54) is 4.31 Å². The summed E-state index contributed by atoms with van der Waals surface area (Å²) in [5.41, 5.74) is 0. The van der Waals surface area contributed by atoms with Crippen LogP contribution in [0.1, 0.15) is 19.8 Å². The molecule has 0 bridgehead atoms. The summed E-state index contributed by atoms with van der Waals surface area (Å²) in [4.78, 5) is 11.3. The van der Waals surface area contributed by atoms with E-state index in [2.05, 4.69) is 10.0 Å². The summed E-state index contributed by atoms with van der Waals surface area (Å²) in [6.45, 7) is 2.32. The van der Waals surface area contributed by atoms with E-state index in [0.717, 1.165) is 12.8 Å². The van der Waals surface area contributed by atoms with Crippen LogP contribution in [0.25, 0.3) is 0 Å². The van der Waals surface area contributed by atoms with Gasteiger partial charge in [0, 0.05) is 19.1 Å². The molecule has 1 amide bonds. The third-order valence-electron chi connectivity index (χ3n) is 2.64. The first kappa shape index (κ1) is 10.8. The van der Waals surface area contributed by atoms with Gasteiger partial charge in [-0.25, -0.2) is 0 Å². The topological polar surface area (TPSA) is 78.5 Å². The van der Waals surface area contributed by atoms with Gasteiger partial charge >= 0.3 is 0 Å². The van der Waals surface area contributed by atoms with E-state index in [4.69, 9.17) is 0 Å². The van der Waals surface area contributed by atoms with E-state index >= 15 is 0 Å². The van der Waals surface area contributed by atoms with E-state index in [1.807, 2.05) is 0 Å². The molecule has 0 aromatic heterocycles. The molecule has 2 rings (SSSR count). The highest BCUT2D eigenvalue weighted by molar-refractivity contribution is 7.87. The van der Waals surface area contributed by atoms with Gasteiger partial charge in [0.1, 0.15) is 6.04 Å². The highest BCUT2D eigenvalue weighted by Gasteiger charge is 2.37. The lowest BCUT2D eigenvalue weighted by Crippen LogP contribution is -2.58. The molecule has 1 heterocycles. The first-order valence-electron chi connectivity index (χ1n) is 5.07. The Morgan fingerprint density at radius 3 is 2.73 bits per heavy atom. The molecule has 1 aliphatic carbocycles. The molecule has 0 aromatic carbocycles. The predicted octanol–water partition coefficient (Wildman–Crippen LogP) is -1.20. The fourth-order valence-electron chi connectivity index (χ4n) is 1.57. The Bertz CT molecular complexity index is 363. The summed E-state index contributed by atoms with van der Waals surface area (Å²) in [5, 5.41) is 2.63. The molecule has 1 aliphatic heterocycles. The molecular weight excluding hydrogens is 218 g/mol. The SMILES string of the molecule is CC1C(=O)NCCN1S(=O)(=O)NC1CC1. The lowest BCUT2D eigenvalue weighted by atomic mass is 10.2. The Morgan fingerprint density at radius 1 is 1.47 bits per heavy atom. The standard InChI is InChI=1S/C8H15N3O3S/c1-6-8(12)9-4-5-11(6)15(13,14)10-7-2-3-7/h6-7,10H,2-5H2,1H3,(H,9,12). The minimum atomic E-state index is -3.48. The number of nitrogens with one attached hydrogen (secondary N) is 2. The molecule has 15 heavy (non-hydrogen) atoms. The van der Waals surface area contributed by atoms with Gasteiger partial charge < -0.3 is 5.32 Å². The second kappa shape index (κ2) is 3.73. The molecule has 2 N–H and O–H groups in total. The summed E-state index contributed by atoms with van der Waals surface area (Å²) < 4.78 is 27.4. The molecule has 0 spiro atoms. The van der Waals surface area contributed by atoms with Crippen LogP contribution in [0.4, 0.5) is 0 Å². The average molecular weight is 233 g/mol. The van der Waals surface area contributed by atoms with Crippen LogP contribution in [0.15, 0.2) is 0 Å². The van der Waals surface area contributed by atoms with Crippen LogP contribution in [-0.2, 0) is 15.0 Å². The molecule has 0 radical (unpaired) electrons. The summed E-state index contributed by atoms with van der Waals surface area (Å²) in [6.07, 6.45) is 1.79. The Labute approximate surface area is 89.2 Å². The third-order valence-corrected chi connectivity index (χ3v) is 4.39. The third kappa shape index (κ3) is 2.30. The van der Waals surface area contributed by atoms with Crippen LogP contribution in [-0.4, -0.2) is 43.8 Å². The number of rotatable bonds is 3. The van der Waals surface area contributed by atoms with E-state index in [1.54, 1.807) is 6.92 Å². The highest BCUT2D eigenvalue weighted by atomic mass is 32.2. The fraction of sp³-hybridized carbons (Fsp3) is 0.875. The summed E-state index contributed by atoms with van der Waals surface area (Å²) in [5.74, 6) is -0.234. The van der Waals surface area contributed by atoms with Gasteiger partial charge in [0.2, 0.25) is 5.91 Å². The monoisotopic (exact) mass is 233 g/mol. The Balaban J connectivity index is 2.09. The van der Waals surface area contributed by atoms with Crippen molar-refractivity contribution in [3.8, 4) is 0 Å². The van der Waals surface area contributed by atoms with Crippen LogP contribution in [0.2, 0.25) is 0 Å². The molecule has 6 nitrogen and oxygen atoms in total. The van der Waals surface area contributed by atoms with Crippen molar-refractivity contribution in [2.24, 2.45) is 0 Å².